The van der Waals surface area contributed by atoms with Gasteiger partial charge in [-0.15, -0.1) is 0 Å². The monoisotopic (exact) mass is 791 g/mol. The SMILES string of the molecule is CCCCCCCCCCCCCCCCCCN(CC(COCCCCCCCCCCCCCCCC)OP(=O)(O)OCC[N+](C)(C)C)C(=O)NC. The molecule has 0 aliphatic rings. The predicted molar refractivity (Wildman–Crippen MR) is 230 cm³/mol. The molecule has 54 heavy (non-hydrogen) atoms. The number of nitrogens with one attached hydrogen (secondary N) is 1. The minimum absolute atomic E-state index is 0.0995. The Bertz CT molecular complexity index is 859. The van der Waals surface area contributed by atoms with Gasteiger partial charge in [0.1, 0.15) is 19.3 Å². The van der Waals surface area contributed by atoms with Crippen molar-refractivity contribution in [2.24, 2.45) is 0 Å². The smallest absolute Gasteiger partial charge is 0.379 e. The minimum atomic E-state index is -4.33. The lowest BCUT2D eigenvalue weighted by molar-refractivity contribution is -0.870. The van der Waals surface area contributed by atoms with E-state index in [0.717, 1.165) is 32.1 Å². The molecule has 9 nitrogen and oxygen atoms in total. The van der Waals surface area contributed by atoms with E-state index in [2.05, 4.69) is 19.2 Å². The zero-order chi connectivity index (χ0) is 40.0. The lowest BCUT2D eigenvalue weighted by atomic mass is 10.0. The van der Waals surface area contributed by atoms with Crippen molar-refractivity contribution in [2.45, 2.75) is 213 Å². The Morgan fingerprint density at radius 2 is 0.981 bits per heavy atom. The third-order valence-electron chi connectivity index (χ3n) is 10.5. The molecule has 2 N–H and O–H groups in total. The van der Waals surface area contributed by atoms with Crippen LogP contribution in [0.15, 0.2) is 0 Å². The van der Waals surface area contributed by atoms with Gasteiger partial charge in [0.15, 0.2) is 0 Å². The molecule has 0 aromatic heterocycles. The fourth-order valence-electron chi connectivity index (χ4n) is 6.91. The van der Waals surface area contributed by atoms with Crippen LogP contribution in [0.4, 0.5) is 4.79 Å². The summed E-state index contributed by atoms with van der Waals surface area (Å²) in [5, 5.41) is 2.74. The first kappa shape index (κ1) is 53.3. The largest absolute Gasteiger partial charge is 0.472 e. The molecule has 0 spiro atoms. The molecule has 0 saturated carbocycles. The molecular formula is C44H93N3O6P+. The summed E-state index contributed by atoms with van der Waals surface area (Å²) in [6, 6.07) is -0.213. The van der Waals surface area contributed by atoms with Crippen LogP contribution in [0, 0.1) is 0 Å². The van der Waals surface area contributed by atoms with Crippen molar-refractivity contribution in [3.8, 4) is 0 Å². The van der Waals surface area contributed by atoms with Crippen molar-refractivity contribution in [1.82, 2.24) is 10.2 Å². The van der Waals surface area contributed by atoms with Crippen LogP contribution in [-0.2, 0) is 18.3 Å². The maximum atomic E-state index is 12.9. The molecule has 0 aromatic rings. The van der Waals surface area contributed by atoms with E-state index in [-0.39, 0.29) is 25.8 Å². The standard InChI is InChI=1S/C44H92N3O6P/c1-7-9-11-13-15-17-19-21-23-24-25-27-29-31-33-35-37-46(44(48)45-3)41-43(53-54(49,50)52-40-38-47(4,5)6)42-51-39-36-34-32-30-28-26-22-20-18-16-14-12-10-8-2/h43H,7-42H2,1-6H3,(H-,45,48,49,50)/p+1. The zero-order valence-electron chi connectivity index (χ0n) is 36.9. The van der Waals surface area contributed by atoms with Gasteiger partial charge >= 0.3 is 13.9 Å². The van der Waals surface area contributed by atoms with Crippen molar-refractivity contribution < 1.29 is 32.5 Å². The van der Waals surface area contributed by atoms with E-state index in [1.54, 1.807) is 11.9 Å². The molecule has 2 unspecified atom stereocenters. The van der Waals surface area contributed by atoms with Crippen LogP contribution in [0.5, 0.6) is 0 Å². The minimum Gasteiger partial charge on any atom is -0.379 e. The Kier molecular flexibility index (Phi) is 37.4. The molecule has 10 heteroatoms. The summed E-state index contributed by atoms with van der Waals surface area (Å²) in [6.07, 6.45) is 38.2. The third kappa shape index (κ3) is 38.2. The average Bonchev–Trinajstić information content (AvgIpc) is 3.12. The van der Waals surface area contributed by atoms with E-state index in [4.69, 9.17) is 13.8 Å². The summed E-state index contributed by atoms with van der Waals surface area (Å²) >= 11 is 0. The van der Waals surface area contributed by atoms with Crippen molar-refractivity contribution in [3.63, 3.8) is 0 Å². The first-order chi connectivity index (χ1) is 26.0. The number of urea groups is 1. The topological polar surface area (TPSA) is 97.3 Å². The van der Waals surface area contributed by atoms with E-state index in [9.17, 15) is 14.3 Å². The number of hydrogen-bond acceptors (Lipinski definition) is 5. The number of carbonyl (C=O) groups is 1. The van der Waals surface area contributed by atoms with Crippen LogP contribution in [0.25, 0.3) is 0 Å². The molecule has 0 aliphatic heterocycles. The highest BCUT2D eigenvalue weighted by molar-refractivity contribution is 7.47. The number of quaternary nitrogens is 1. The van der Waals surface area contributed by atoms with E-state index in [0.29, 0.717) is 24.2 Å². The number of likely N-dealkylation sites (N-methyl/N-ethyl adjacent to an activating group) is 1. The highest BCUT2D eigenvalue weighted by Gasteiger charge is 2.30. The van der Waals surface area contributed by atoms with E-state index < -0.39 is 13.9 Å². The molecule has 0 rings (SSSR count). The lowest BCUT2D eigenvalue weighted by Gasteiger charge is -2.29. The predicted octanol–water partition coefficient (Wildman–Crippen LogP) is 12.6. The van der Waals surface area contributed by atoms with Crippen molar-refractivity contribution >= 4 is 13.9 Å². The van der Waals surface area contributed by atoms with E-state index in [1.165, 1.54) is 161 Å². The van der Waals surface area contributed by atoms with Gasteiger partial charge in [0.2, 0.25) is 0 Å². The first-order valence-corrected chi connectivity index (χ1v) is 24.5. The number of nitrogens with zero attached hydrogens (tertiary/aromatic N) is 2. The second-order valence-electron chi connectivity index (χ2n) is 17.0. The Hall–Kier alpha value is -0.700. The van der Waals surface area contributed by atoms with Gasteiger partial charge in [-0.3, -0.25) is 9.05 Å². The molecule has 0 fully saturated rings. The molecule has 2 amide bonds. The van der Waals surface area contributed by atoms with Crippen molar-refractivity contribution in [3.05, 3.63) is 0 Å². The summed E-state index contributed by atoms with van der Waals surface area (Å²) in [6.45, 7) is 6.64. The Balaban J connectivity index is 4.51. The summed E-state index contributed by atoms with van der Waals surface area (Å²) in [5.41, 5.74) is 0. The fraction of sp³-hybridized carbons (Fsp3) is 0.977. The highest BCUT2D eigenvalue weighted by atomic mass is 31.2. The maximum Gasteiger partial charge on any atom is 0.472 e. The summed E-state index contributed by atoms with van der Waals surface area (Å²) in [5.74, 6) is 0. The number of phosphoric ester groups is 1. The highest BCUT2D eigenvalue weighted by Crippen LogP contribution is 2.44. The van der Waals surface area contributed by atoms with Gasteiger partial charge in [-0.25, -0.2) is 9.36 Å². The van der Waals surface area contributed by atoms with Crippen LogP contribution in [0.3, 0.4) is 0 Å². The van der Waals surface area contributed by atoms with E-state index >= 15 is 0 Å². The normalized spacial score (nSPS) is 13.6. The molecule has 324 valence electrons. The zero-order valence-corrected chi connectivity index (χ0v) is 37.8. The van der Waals surface area contributed by atoms with E-state index in [1.807, 2.05) is 21.1 Å². The Morgan fingerprint density at radius 3 is 1.35 bits per heavy atom. The quantitative estimate of drug-likeness (QED) is 0.0363. The van der Waals surface area contributed by atoms with Crippen LogP contribution in [0.2, 0.25) is 0 Å². The molecule has 0 aromatic carbocycles. The molecule has 0 bridgehead atoms. The van der Waals surface area contributed by atoms with Crippen LogP contribution >= 0.6 is 7.82 Å². The number of rotatable bonds is 42. The van der Waals surface area contributed by atoms with Gasteiger partial charge in [-0.05, 0) is 12.8 Å². The van der Waals surface area contributed by atoms with Crippen molar-refractivity contribution in [2.75, 3.05) is 67.6 Å². The number of unbranched alkanes of at least 4 members (excludes halogenated alkanes) is 28. The molecule has 2 atom stereocenters. The molecule has 0 heterocycles. The Labute approximate surface area is 336 Å². The summed E-state index contributed by atoms with van der Waals surface area (Å²) in [7, 11) is 3.29. The van der Waals surface area contributed by atoms with Gasteiger partial charge in [0.05, 0.1) is 34.3 Å². The average molecular weight is 791 g/mol. The number of ether oxygens (including phenoxy) is 1. The number of hydrogen-bond donors (Lipinski definition) is 2. The Morgan fingerprint density at radius 1 is 0.611 bits per heavy atom. The fourth-order valence-corrected chi connectivity index (χ4v) is 7.79. The van der Waals surface area contributed by atoms with Crippen LogP contribution in [0.1, 0.15) is 206 Å². The maximum absolute atomic E-state index is 12.9. The second kappa shape index (κ2) is 37.9. The molecule has 0 aliphatic carbocycles. The third-order valence-corrected chi connectivity index (χ3v) is 11.5. The lowest BCUT2D eigenvalue weighted by Crippen LogP contribution is -2.44. The number of amides is 2. The summed E-state index contributed by atoms with van der Waals surface area (Å²) < 4.78 is 30.5. The van der Waals surface area contributed by atoms with Gasteiger partial charge < -0.3 is 24.3 Å². The number of phosphoric acid groups is 1. The molecular weight excluding hydrogens is 697 g/mol. The summed E-state index contributed by atoms with van der Waals surface area (Å²) in [4.78, 5) is 25.1. The van der Waals surface area contributed by atoms with Gasteiger partial charge in [0.25, 0.3) is 0 Å². The van der Waals surface area contributed by atoms with Crippen LogP contribution in [-0.4, -0.2) is 94.1 Å². The van der Waals surface area contributed by atoms with Gasteiger partial charge in [0, 0.05) is 20.2 Å². The molecule has 0 radical (unpaired) electrons. The van der Waals surface area contributed by atoms with Gasteiger partial charge in [-0.1, -0.05) is 194 Å². The number of carbonyl (C=O) groups excluding carboxylic acids is 1. The first-order valence-electron chi connectivity index (χ1n) is 23.0. The van der Waals surface area contributed by atoms with Crippen LogP contribution < -0.4 is 5.32 Å². The van der Waals surface area contributed by atoms with Gasteiger partial charge in [-0.2, -0.15) is 0 Å². The molecule has 0 saturated heterocycles. The van der Waals surface area contributed by atoms with Crippen molar-refractivity contribution in [1.29, 1.82) is 0 Å². The second-order valence-corrected chi connectivity index (χ2v) is 18.4.